The zero-order chi connectivity index (χ0) is 12.0. The van der Waals surface area contributed by atoms with Gasteiger partial charge in [-0.05, 0) is 29.7 Å². The first kappa shape index (κ1) is 12.4. The quantitative estimate of drug-likeness (QED) is 0.830. The smallest absolute Gasteiger partial charge is 0.307 e. The van der Waals surface area contributed by atoms with Gasteiger partial charge in [-0.1, -0.05) is 31.6 Å². The second kappa shape index (κ2) is 6.05. The van der Waals surface area contributed by atoms with Gasteiger partial charge in [-0.25, -0.2) is 4.39 Å². The molecule has 3 heteroatoms. The highest BCUT2D eigenvalue weighted by atomic mass is 19.1. The maximum absolute atomic E-state index is 13.2. The molecule has 1 aromatic rings. The van der Waals surface area contributed by atoms with E-state index in [4.69, 9.17) is 5.11 Å². The van der Waals surface area contributed by atoms with Gasteiger partial charge in [0.25, 0.3) is 0 Å². The molecule has 0 aliphatic carbocycles. The summed E-state index contributed by atoms with van der Waals surface area (Å²) in [6, 6.07) is 4.35. The lowest BCUT2D eigenvalue weighted by Crippen LogP contribution is -2.00. The van der Waals surface area contributed by atoms with Crippen molar-refractivity contribution >= 4 is 12.0 Å². The third-order valence-corrected chi connectivity index (χ3v) is 2.10. The topological polar surface area (TPSA) is 37.3 Å². The van der Waals surface area contributed by atoms with Crippen LogP contribution < -0.4 is 0 Å². The van der Waals surface area contributed by atoms with Crippen molar-refractivity contribution in [1.29, 1.82) is 0 Å². The Morgan fingerprint density at radius 2 is 2.19 bits per heavy atom. The first-order valence-corrected chi connectivity index (χ1v) is 5.29. The number of rotatable bonds is 5. The summed E-state index contributed by atoms with van der Waals surface area (Å²) in [5.74, 6) is -1.34. The largest absolute Gasteiger partial charge is 0.481 e. The summed E-state index contributed by atoms with van der Waals surface area (Å²) in [6.07, 6.45) is 5.60. The Kier molecular flexibility index (Phi) is 4.70. The van der Waals surface area contributed by atoms with Crippen LogP contribution in [0.3, 0.4) is 0 Å². The highest BCUT2D eigenvalue weighted by molar-refractivity contribution is 5.70. The van der Waals surface area contributed by atoms with Gasteiger partial charge in [-0.2, -0.15) is 0 Å². The van der Waals surface area contributed by atoms with Crippen LogP contribution in [0.4, 0.5) is 4.39 Å². The van der Waals surface area contributed by atoms with Crippen LogP contribution in [-0.2, 0) is 11.2 Å². The van der Waals surface area contributed by atoms with E-state index in [2.05, 4.69) is 6.92 Å². The summed E-state index contributed by atoms with van der Waals surface area (Å²) in [6.45, 7) is 2.06. The van der Waals surface area contributed by atoms with Gasteiger partial charge in [0.05, 0.1) is 6.42 Å². The number of hydrogen-bond donors (Lipinski definition) is 1. The summed E-state index contributed by atoms with van der Waals surface area (Å²) in [5.41, 5.74) is 1.20. The van der Waals surface area contributed by atoms with E-state index in [9.17, 15) is 9.18 Å². The highest BCUT2D eigenvalue weighted by Crippen LogP contribution is 2.12. The third-order valence-electron chi connectivity index (χ3n) is 2.10. The number of carboxylic acid groups (broad SMARTS) is 1. The number of allylic oxidation sites excluding steroid dienone is 1. The second-order valence-electron chi connectivity index (χ2n) is 3.65. The first-order valence-electron chi connectivity index (χ1n) is 5.29. The van der Waals surface area contributed by atoms with E-state index in [-0.39, 0.29) is 6.42 Å². The molecular formula is C13H15FO2. The number of halogens is 1. The molecule has 0 bridgehead atoms. The lowest BCUT2D eigenvalue weighted by Gasteiger charge is -2.00. The van der Waals surface area contributed by atoms with Crippen molar-refractivity contribution in [3.8, 4) is 0 Å². The van der Waals surface area contributed by atoms with Gasteiger partial charge in [0.2, 0.25) is 0 Å². The molecule has 0 aliphatic rings. The molecule has 1 rings (SSSR count). The monoisotopic (exact) mass is 222 g/mol. The van der Waals surface area contributed by atoms with E-state index >= 15 is 0 Å². The van der Waals surface area contributed by atoms with Gasteiger partial charge in [0, 0.05) is 0 Å². The molecule has 0 aromatic heterocycles. The Labute approximate surface area is 94.4 Å². The summed E-state index contributed by atoms with van der Waals surface area (Å²) in [5, 5.41) is 8.62. The highest BCUT2D eigenvalue weighted by Gasteiger charge is 2.03. The van der Waals surface area contributed by atoms with E-state index in [0.29, 0.717) is 11.1 Å². The maximum atomic E-state index is 13.2. The second-order valence-corrected chi connectivity index (χ2v) is 3.65. The average Bonchev–Trinajstić information content (AvgIpc) is 2.16. The molecule has 2 nitrogen and oxygen atoms in total. The molecule has 0 amide bonds. The van der Waals surface area contributed by atoms with Crippen molar-refractivity contribution in [2.45, 2.75) is 26.2 Å². The van der Waals surface area contributed by atoms with Crippen molar-refractivity contribution in [2.75, 3.05) is 0 Å². The molecule has 0 radical (unpaired) electrons. The molecule has 0 unspecified atom stereocenters. The molecule has 16 heavy (non-hydrogen) atoms. The SMILES string of the molecule is CCCC=Cc1cc(F)cc(CC(=O)O)c1. The molecule has 0 spiro atoms. The van der Waals surface area contributed by atoms with E-state index in [0.717, 1.165) is 12.8 Å². The molecule has 86 valence electrons. The number of carbonyl (C=O) groups is 1. The molecule has 1 aromatic carbocycles. The van der Waals surface area contributed by atoms with Gasteiger partial charge >= 0.3 is 5.97 Å². The van der Waals surface area contributed by atoms with Gasteiger partial charge in [0.15, 0.2) is 0 Å². The Hall–Kier alpha value is -1.64. The summed E-state index contributed by atoms with van der Waals surface area (Å²) < 4.78 is 13.2. The van der Waals surface area contributed by atoms with Crippen molar-refractivity contribution < 1.29 is 14.3 Å². The van der Waals surface area contributed by atoms with Crippen LogP contribution in [0.1, 0.15) is 30.9 Å². The van der Waals surface area contributed by atoms with Crippen LogP contribution in [0.5, 0.6) is 0 Å². The molecular weight excluding hydrogens is 207 g/mol. The normalized spacial score (nSPS) is 10.9. The average molecular weight is 222 g/mol. The van der Waals surface area contributed by atoms with E-state index in [1.807, 2.05) is 12.2 Å². The number of carboxylic acids is 1. The Morgan fingerprint density at radius 3 is 2.81 bits per heavy atom. The number of hydrogen-bond acceptors (Lipinski definition) is 1. The van der Waals surface area contributed by atoms with Crippen LogP contribution >= 0.6 is 0 Å². The van der Waals surface area contributed by atoms with Crippen LogP contribution in [0, 0.1) is 5.82 Å². The minimum atomic E-state index is -0.950. The molecule has 0 aliphatic heterocycles. The number of aliphatic carboxylic acids is 1. The zero-order valence-electron chi connectivity index (χ0n) is 9.24. The Balaban J connectivity index is 2.85. The standard InChI is InChI=1S/C13H15FO2/c1-2-3-4-5-10-6-11(9-13(15)16)8-12(14)7-10/h4-8H,2-3,9H2,1H3,(H,15,16). The molecule has 0 saturated carbocycles. The van der Waals surface area contributed by atoms with Gasteiger partial charge in [0.1, 0.15) is 5.82 Å². The van der Waals surface area contributed by atoms with E-state index < -0.39 is 11.8 Å². The van der Waals surface area contributed by atoms with Crippen LogP contribution in [0.25, 0.3) is 6.08 Å². The van der Waals surface area contributed by atoms with Crippen molar-refractivity contribution in [1.82, 2.24) is 0 Å². The van der Waals surface area contributed by atoms with Gasteiger partial charge < -0.3 is 5.11 Å². The lowest BCUT2D eigenvalue weighted by molar-refractivity contribution is -0.136. The van der Waals surface area contributed by atoms with Crippen molar-refractivity contribution in [3.63, 3.8) is 0 Å². The Morgan fingerprint density at radius 1 is 1.44 bits per heavy atom. The fourth-order valence-corrected chi connectivity index (χ4v) is 1.43. The zero-order valence-corrected chi connectivity index (χ0v) is 9.24. The lowest BCUT2D eigenvalue weighted by atomic mass is 10.1. The summed E-state index contributed by atoms with van der Waals surface area (Å²) in [7, 11) is 0. The summed E-state index contributed by atoms with van der Waals surface area (Å²) >= 11 is 0. The fourth-order valence-electron chi connectivity index (χ4n) is 1.43. The molecule has 1 N–H and O–H groups in total. The van der Waals surface area contributed by atoms with Crippen LogP contribution in [-0.4, -0.2) is 11.1 Å². The number of benzene rings is 1. The Bertz CT molecular complexity index is 397. The predicted molar refractivity (Wildman–Crippen MR) is 61.7 cm³/mol. The summed E-state index contributed by atoms with van der Waals surface area (Å²) in [4.78, 5) is 10.5. The van der Waals surface area contributed by atoms with Gasteiger partial charge in [-0.15, -0.1) is 0 Å². The minimum absolute atomic E-state index is 0.146. The predicted octanol–water partition coefficient (Wildman–Crippen LogP) is 3.27. The number of unbranched alkanes of at least 4 members (excludes halogenated alkanes) is 1. The van der Waals surface area contributed by atoms with Crippen molar-refractivity contribution in [3.05, 3.63) is 41.2 Å². The molecule has 0 atom stereocenters. The molecule has 0 fully saturated rings. The van der Waals surface area contributed by atoms with Crippen LogP contribution in [0.15, 0.2) is 24.3 Å². The molecule has 0 heterocycles. The van der Waals surface area contributed by atoms with Gasteiger partial charge in [-0.3, -0.25) is 4.79 Å². The minimum Gasteiger partial charge on any atom is -0.481 e. The first-order chi connectivity index (χ1) is 7.61. The van der Waals surface area contributed by atoms with E-state index in [1.54, 1.807) is 6.07 Å². The maximum Gasteiger partial charge on any atom is 0.307 e. The van der Waals surface area contributed by atoms with Crippen LogP contribution in [0.2, 0.25) is 0 Å². The van der Waals surface area contributed by atoms with Crippen molar-refractivity contribution in [2.24, 2.45) is 0 Å². The molecule has 0 saturated heterocycles. The fraction of sp³-hybridized carbons (Fsp3) is 0.308. The van der Waals surface area contributed by atoms with E-state index in [1.165, 1.54) is 12.1 Å². The third kappa shape index (κ3) is 4.26.